The number of aryl methyl sites for hydroxylation is 1. The zero-order valence-electron chi connectivity index (χ0n) is 12.2. The number of para-hydroxylation sites is 1. The van der Waals surface area contributed by atoms with Gasteiger partial charge in [-0.25, -0.2) is 0 Å². The van der Waals surface area contributed by atoms with E-state index < -0.39 is 5.97 Å². The number of unbranched alkanes of at least 4 members (excludes halogenated alkanes) is 1. The topological polar surface area (TPSA) is 52.6 Å². The highest BCUT2D eigenvalue weighted by atomic mass is 16.6. The molecule has 0 fully saturated rings. The first-order valence-corrected chi connectivity index (χ1v) is 7.23. The second-order valence-electron chi connectivity index (χ2n) is 4.85. The van der Waals surface area contributed by atoms with Crippen molar-refractivity contribution in [3.05, 3.63) is 60.2 Å². The Morgan fingerprint density at radius 1 is 0.909 bits per heavy atom. The van der Waals surface area contributed by atoms with Gasteiger partial charge in [0.05, 0.1) is 0 Å². The second kappa shape index (κ2) is 8.62. The minimum atomic E-state index is -0.471. The number of rotatable bonds is 8. The van der Waals surface area contributed by atoms with E-state index in [0.717, 1.165) is 24.3 Å². The standard InChI is InChI=1S/C18H18O4/c19-14-21-18(20)9-5-4-6-15-10-12-17(13-11-15)22-16-7-2-1-3-8-16/h1-3,7-8,10-14H,4-6,9H2. The van der Waals surface area contributed by atoms with E-state index in [4.69, 9.17) is 4.74 Å². The van der Waals surface area contributed by atoms with E-state index in [9.17, 15) is 9.59 Å². The van der Waals surface area contributed by atoms with E-state index in [2.05, 4.69) is 4.74 Å². The number of benzene rings is 2. The van der Waals surface area contributed by atoms with Gasteiger partial charge in [0.1, 0.15) is 11.5 Å². The lowest BCUT2D eigenvalue weighted by atomic mass is 10.1. The fourth-order valence-electron chi connectivity index (χ4n) is 2.06. The van der Waals surface area contributed by atoms with Crippen LogP contribution in [0.1, 0.15) is 24.8 Å². The van der Waals surface area contributed by atoms with Crippen LogP contribution in [0.5, 0.6) is 11.5 Å². The quantitative estimate of drug-likeness (QED) is 0.321. The van der Waals surface area contributed by atoms with E-state index in [1.807, 2.05) is 54.6 Å². The van der Waals surface area contributed by atoms with Gasteiger partial charge in [0, 0.05) is 6.42 Å². The summed E-state index contributed by atoms with van der Waals surface area (Å²) in [5.41, 5.74) is 1.18. The van der Waals surface area contributed by atoms with Gasteiger partial charge in [-0.3, -0.25) is 9.59 Å². The Hall–Kier alpha value is -2.62. The molecule has 0 saturated carbocycles. The first kappa shape index (κ1) is 15.8. The van der Waals surface area contributed by atoms with Crippen LogP contribution in [0.2, 0.25) is 0 Å². The Kier molecular flexibility index (Phi) is 6.18. The van der Waals surface area contributed by atoms with Crippen LogP contribution in [0.3, 0.4) is 0 Å². The van der Waals surface area contributed by atoms with Gasteiger partial charge in [0.15, 0.2) is 0 Å². The van der Waals surface area contributed by atoms with Gasteiger partial charge in [0.2, 0.25) is 0 Å². The highest BCUT2D eigenvalue weighted by Crippen LogP contribution is 2.21. The lowest BCUT2D eigenvalue weighted by Crippen LogP contribution is -2.02. The van der Waals surface area contributed by atoms with Crippen molar-refractivity contribution in [1.29, 1.82) is 0 Å². The first-order valence-electron chi connectivity index (χ1n) is 7.23. The molecule has 22 heavy (non-hydrogen) atoms. The van der Waals surface area contributed by atoms with Crippen LogP contribution in [0, 0.1) is 0 Å². The summed E-state index contributed by atoms with van der Waals surface area (Å²) in [6.45, 7) is 0.174. The highest BCUT2D eigenvalue weighted by molar-refractivity contribution is 5.76. The smallest absolute Gasteiger partial charge is 0.313 e. The fourth-order valence-corrected chi connectivity index (χ4v) is 2.06. The molecule has 0 aliphatic rings. The third-order valence-corrected chi connectivity index (χ3v) is 3.18. The van der Waals surface area contributed by atoms with Crippen molar-refractivity contribution < 1.29 is 19.1 Å². The van der Waals surface area contributed by atoms with Gasteiger partial charge >= 0.3 is 12.4 Å². The van der Waals surface area contributed by atoms with Crippen molar-refractivity contribution in [2.75, 3.05) is 0 Å². The molecule has 0 amide bonds. The molecule has 0 heterocycles. The Morgan fingerprint density at radius 2 is 1.59 bits per heavy atom. The molecule has 4 nitrogen and oxygen atoms in total. The zero-order valence-corrected chi connectivity index (χ0v) is 12.2. The number of esters is 1. The van der Waals surface area contributed by atoms with Crippen LogP contribution in [0.4, 0.5) is 0 Å². The predicted octanol–water partition coefficient (Wildman–Crippen LogP) is 3.89. The number of hydrogen-bond acceptors (Lipinski definition) is 4. The Bertz CT molecular complexity index is 590. The maximum Gasteiger partial charge on any atom is 0.313 e. The van der Waals surface area contributed by atoms with Gasteiger partial charge in [0.25, 0.3) is 0 Å². The summed E-state index contributed by atoms with van der Waals surface area (Å²) < 4.78 is 9.95. The van der Waals surface area contributed by atoms with Crippen molar-refractivity contribution >= 4 is 12.4 Å². The molecule has 0 radical (unpaired) electrons. The molecule has 2 aromatic rings. The van der Waals surface area contributed by atoms with Gasteiger partial charge < -0.3 is 9.47 Å². The third kappa shape index (κ3) is 5.40. The normalized spacial score (nSPS) is 10.0. The molecule has 0 aromatic heterocycles. The van der Waals surface area contributed by atoms with E-state index in [0.29, 0.717) is 6.42 Å². The van der Waals surface area contributed by atoms with Crippen molar-refractivity contribution in [3.8, 4) is 11.5 Å². The molecule has 0 bridgehead atoms. The Labute approximate surface area is 129 Å². The minimum absolute atomic E-state index is 0.174. The average molecular weight is 298 g/mol. The average Bonchev–Trinajstić information content (AvgIpc) is 2.54. The van der Waals surface area contributed by atoms with E-state index in [1.165, 1.54) is 5.56 Å². The van der Waals surface area contributed by atoms with Crippen molar-refractivity contribution in [3.63, 3.8) is 0 Å². The highest BCUT2D eigenvalue weighted by Gasteiger charge is 2.02. The molecule has 2 rings (SSSR count). The monoisotopic (exact) mass is 298 g/mol. The van der Waals surface area contributed by atoms with E-state index >= 15 is 0 Å². The van der Waals surface area contributed by atoms with Crippen LogP contribution >= 0.6 is 0 Å². The molecule has 0 atom stereocenters. The molecule has 4 heteroatoms. The predicted molar refractivity (Wildman–Crippen MR) is 82.7 cm³/mol. The Morgan fingerprint density at radius 3 is 2.27 bits per heavy atom. The zero-order chi connectivity index (χ0) is 15.6. The van der Waals surface area contributed by atoms with Crippen LogP contribution in [-0.2, 0) is 20.7 Å². The SMILES string of the molecule is O=COC(=O)CCCCc1ccc(Oc2ccccc2)cc1. The molecule has 0 aliphatic heterocycles. The van der Waals surface area contributed by atoms with E-state index in [1.54, 1.807) is 0 Å². The maximum atomic E-state index is 11.0. The van der Waals surface area contributed by atoms with Crippen molar-refractivity contribution in [2.45, 2.75) is 25.7 Å². The summed E-state index contributed by atoms with van der Waals surface area (Å²) in [7, 11) is 0. The molecule has 114 valence electrons. The molecule has 2 aromatic carbocycles. The minimum Gasteiger partial charge on any atom is -0.457 e. The van der Waals surface area contributed by atoms with Crippen LogP contribution in [0.15, 0.2) is 54.6 Å². The molecule has 0 unspecified atom stereocenters. The number of carbonyl (C=O) groups excluding carboxylic acids is 2. The van der Waals surface area contributed by atoms with Crippen LogP contribution in [-0.4, -0.2) is 12.4 Å². The van der Waals surface area contributed by atoms with Crippen molar-refractivity contribution in [2.24, 2.45) is 0 Å². The fraction of sp³-hybridized carbons (Fsp3) is 0.222. The summed E-state index contributed by atoms with van der Waals surface area (Å²) >= 11 is 0. The number of ether oxygens (including phenoxy) is 2. The van der Waals surface area contributed by atoms with Gasteiger partial charge in [-0.1, -0.05) is 30.3 Å². The molecular weight excluding hydrogens is 280 g/mol. The second-order valence-corrected chi connectivity index (χ2v) is 4.85. The molecule has 0 spiro atoms. The van der Waals surface area contributed by atoms with Gasteiger partial charge in [-0.05, 0) is 49.1 Å². The lowest BCUT2D eigenvalue weighted by molar-refractivity contribution is -0.151. The van der Waals surface area contributed by atoms with Crippen LogP contribution < -0.4 is 4.74 Å². The Balaban J connectivity index is 1.75. The van der Waals surface area contributed by atoms with E-state index in [-0.39, 0.29) is 12.9 Å². The lowest BCUT2D eigenvalue weighted by Gasteiger charge is -2.06. The first-order chi connectivity index (χ1) is 10.8. The molecule has 0 saturated heterocycles. The molecular formula is C18H18O4. The third-order valence-electron chi connectivity index (χ3n) is 3.18. The maximum absolute atomic E-state index is 11.0. The number of hydrogen-bond donors (Lipinski definition) is 0. The summed E-state index contributed by atoms with van der Waals surface area (Å²) in [5, 5.41) is 0. The van der Waals surface area contributed by atoms with Crippen LogP contribution in [0.25, 0.3) is 0 Å². The van der Waals surface area contributed by atoms with Crippen molar-refractivity contribution in [1.82, 2.24) is 0 Å². The molecule has 0 N–H and O–H groups in total. The summed E-state index contributed by atoms with van der Waals surface area (Å²) in [5.74, 6) is 1.13. The summed E-state index contributed by atoms with van der Waals surface area (Å²) in [6.07, 6.45) is 2.72. The van der Waals surface area contributed by atoms with Gasteiger partial charge in [-0.2, -0.15) is 0 Å². The number of carbonyl (C=O) groups is 2. The summed E-state index contributed by atoms with van der Waals surface area (Å²) in [6, 6.07) is 17.5. The molecule has 0 aliphatic carbocycles. The largest absolute Gasteiger partial charge is 0.457 e. The summed E-state index contributed by atoms with van der Waals surface area (Å²) in [4.78, 5) is 21.0. The van der Waals surface area contributed by atoms with Gasteiger partial charge in [-0.15, -0.1) is 0 Å².